The Balaban J connectivity index is 1.74. The standard InChI is InChI=1S/C25H20F3NO6S/c1-34-20-10-11-23-22(14-20)18(7-12-24(30)31)15-29(23)36(32,33)21-4-2-3-17(13-21)16-5-8-19(9-6-16)35-25(26,27)28/h2-6,8-11,13-15H,7,12H2,1H3,(H,30,31). The number of fused-ring (bicyclic) bond motifs is 1. The van der Waals surface area contributed by atoms with Crippen LogP contribution in [0.5, 0.6) is 11.5 Å². The molecule has 1 aromatic heterocycles. The van der Waals surface area contributed by atoms with Crippen LogP contribution in [0.2, 0.25) is 0 Å². The molecule has 11 heteroatoms. The fourth-order valence-electron chi connectivity index (χ4n) is 3.81. The highest BCUT2D eigenvalue weighted by molar-refractivity contribution is 7.90. The highest BCUT2D eigenvalue weighted by Gasteiger charge is 2.31. The van der Waals surface area contributed by atoms with Crippen LogP contribution in [0.15, 0.2) is 77.8 Å². The molecule has 0 atom stereocenters. The van der Waals surface area contributed by atoms with Crippen LogP contribution in [0.4, 0.5) is 13.2 Å². The van der Waals surface area contributed by atoms with Gasteiger partial charge in [-0.25, -0.2) is 12.4 Å². The maximum absolute atomic E-state index is 13.6. The summed E-state index contributed by atoms with van der Waals surface area (Å²) in [7, 11) is -2.64. The van der Waals surface area contributed by atoms with Crippen molar-refractivity contribution >= 4 is 26.9 Å². The average molecular weight is 519 g/mol. The predicted octanol–water partition coefficient (Wildman–Crippen LogP) is 5.47. The second-order valence-electron chi connectivity index (χ2n) is 7.83. The summed E-state index contributed by atoms with van der Waals surface area (Å²) in [6.07, 6.45) is -3.48. The first-order valence-electron chi connectivity index (χ1n) is 10.6. The minimum Gasteiger partial charge on any atom is -0.497 e. The van der Waals surface area contributed by atoms with E-state index in [-0.39, 0.29) is 17.7 Å². The van der Waals surface area contributed by atoms with Gasteiger partial charge in [-0.1, -0.05) is 24.3 Å². The zero-order chi connectivity index (χ0) is 26.1. The lowest BCUT2D eigenvalue weighted by Crippen LogP contribution is -2.16. The van der Waals surface area contributed by atoms with Crippen LogP contribution in [-0.4, -0.2) is 36.9 Å². The van der Waals surface area contributed by atoms with Gasteiger partial charge in [0.05, 0.1) is 17.5 Å². The lowest BCUT2D eigenvalue weighted by atomic mass is 10.1. The Morgan fingerprint density at radius 1 is 0.972 bits per heavy atom. The lowest BCUT2D eigenvalue weighted by molar-refractivity contribution is -0.274. The highest BCUT2D eigenvalue weighted by atomic mass is 32.2. The maximum Gasteiger partial charge on any atom is 0.573 e. The summed E-state index contributed by atoms with van der Waals surface area (Å²) in [6.45, 7) is 0. The number of hydrogen-bond donors (Lipinski definition) is 1. The summed E-state index contributed by atoms with van der Waals surface area (Å²) in [6, 6.07) is 15.9. The van der Waals surface area contributed by atoms with E-state index < -0.39 is 28.1 Å². The summed E-state index contributed by atoms with van der Waals surface area (Å²) in [4.78, 5) is 11.1. The molecule has 36 heavy (non-hydrogen) atoms. The van der Waals surface area contributed by atoms with Crippen molar-refractivity contribution in [2.45, 2.75) is 24.1 Å². The molecule has 1 heterocycles. The van der Waals surface area contributed by atoms with Gasteiger partial charge in [0.15, 0.2) is 0 Å². The minimum atomic E-state index is -4.82. The Morgan fingerprint density at radius 2 is 1.67 bits per heavy atom. The van der Waals surface area contributed by atoms with Gasteiger partial charge in [0.1, 0.15) is 11.5 Å². The molecule has 1 N–H and O–H groups in total. The molecule has 0 saturated heterocycles. The first-order chi connectivity index (χ1) is 17.0. The molecule has 0 saturated carbocycles. The molecule has 4 rings (SSSR count). The number of benzene rings is 3. The van der Waals surface area contributed by atoms with E-state index in [9.17, 15) is 26.4 Å². The van der Waals surface area contributed by atoms with E-state index in [4.69, 9.17) is 9.84 Å². The number of hydrogen-bond acceptors (Lipinski definition) is 5. The van der Waals surface area contributed by atoms with Crippen molar-refractivity contribution in [3.05, 3.63) is 78.5 Å². The Bertz CT molecular complexity index is 1530. The molecule has 0 amide bonds. The van der Waals surface area contributed by atoms with Crippen LogP contribution in [-0.2, 0) is 21.2 Å². The number of carboxylic acid groups (broad SMARTS) is 1. The fraction of sp³-hybridized carbons (Fsp3) is 0.160. The lowest BCUT2D eigenvalue weighted by Gasteiger charge is -2.11. The summed E-state index contributed by atoms with van der Waals surface area (Å²) < 4.78 is 74.7. The van der Waals surface area contributed by atoms with Crippen LogP contribution in [0, 0.1) is 0 Å². The van der Waals surface area contributed by atoms with Gasteiger partial charge in [0.25, 0.3) is 10.0 Å². The monoisotopic (exact) mass is 519 g/mol. The van der Waals surface area contributed by atoms with E-state index in [1.54, 1.807) is 24.3 Å². The van der Waals surface area contributed by atoms with Crippen molar-refractivity contribution < 1.29 is 41.0 Å². The van der Waals surface area contributed by atoms with Gasteiger partial charge in [0.2, 0.25) is 0 Å². The van der Waals surface area contributed by atoms with Crippen LogP contribution < -0.4 is 9.47 Å². The number of aryl methyl sites for hydroxylation is 1. The third kappa shape index (κ3) is 5.30. The minimum absolute atomic E-state index is 0.0480. The number of alkyl halides is 3. The number of rotatable bonds is 8. The number of aromatic nitrogens is 1. The number of ether oxygens (including phenoxy) is 2. The zero-order valence-corrected chi connectivity index (χ0v) is 19.6. The van der Waals surface area contributed by atoms with Gasteiger partial charge < -0.3 is 14.6 Å². The number of methoxy groups -OCH3 is 1. The van der Waals surface area contributed by atoms with E-state index in [0.29, 0.717) is 33.3 Å². The van der Waals surface area contributed by atoms with E-state index in [2.05, 4.69) is 4.74 Å². The number of halogens is 3. The van der Waals surface area contributed by atoms with Gasteiger partial charge in [-0.15, -0.1) is 13.2 Å². The third-order valence-electron chi connectivity index (χ3n) is 5.48. The molecular weight excluding hydrogens is 499 g/mol. The average Bonchev–Trinajstić information content (AvgIpc) is 3.21. The molecule has 0 aliphatic heterocycles. The quantitative estimate of drug-likeness (QED) is 0.332. The van der Waals surface area contributed by atoms with Gasteiger partial charge >= 0.3 is 12.3 Å². The maximum atomic E-state index is 13.6. The van der Waals surface area contributed by atoms with Crippen molar-refractivity contribution in [2.75, 3.05) is 7.11 Å². The van der Waals surface area contributed by atoms with Gasteiger partial charge in [-0.3, -0.25) is 4.79 Å². The van der Waals surface area contributed by atoms with E-state index >= 15 is 0 Å². The van der Waals surface area contributed by atoms with E-state index in [1.165, 1.54) is 43.6 Å². The Hall–Kier alpha value is -3.99. The molecule has 7 nitrogen and oxygen atoms in total. The molecule has 0 bridgehead atoms. The second-order valence-corrected chi connectivity index (χ2v) is 9.65. The molecule has 0 aliphatic rings. The second kappa shape index (κ2) is 9.57. The Kier molecular flexibility index (Phi) is 6.68. The summed E-state index contributed by atoms with van der Waals surface area (Å²) in [5.41, 5.74) is 1.85. The van der Waals surface area contributed by atoms with Crippen LogP contribution in [0.3, 0.4) is 0 Å². The zero-order valence-electron chi connectivity index (χ0n) is 18.8. The Labute approximate surface area is 204 Å². The topological polar surface area (TPSA) is 94.8 Å². The molecular formula is C25H20F3NO6S. The summed E-state index contributed by atoms with van der Waals surface area (Å²) in [5, 5.41) is 9.64. The molecule has 0 radical (unpaired) electrons. The number of aliphatic carboxylic acids is 1. The first-order valence-corrected chi connectivity index (χ1v) is 12.0. The summed E-state index contributed by atoms with van der Waals surface area (Å²) >= 11 is 0. The van der Waals surface area contributed by atoms with Crippen LogP contribution in [0.25, 0.3) is 22.0 Å². The number of carbonyl (C=O) groups is 1. The molecule has 0 spiro atoms. The first kappa shape index (κ1) is 25.1. The molecule has 3 aromatic carbocycles. The van der Waals surface area contributed by atoms with E-state index in [0.717, 1.165) is 16.1 Å². The van der Waals surface area contributed by atoms with Crippen molar-refractivity contribution in [3.8, 4) is 22.6 Å². The van der Waals surface area contributed by atoms with E-state index in [1.807, 2.05) is 0 Å². The van der Waals surface area contributed by atoms with Crippen LogP contribution in [0.1, 0.15) is 12.0 Å². The smallest absolute Gasteiger partial charge is 0.497 e. The van der Waals surface area contributed by atoms with Crippen molar-refractivity contribution in [1.82, 2.24) is 3.97 Å². The number of carboxylic acids is 1. The van der Waals surface area contributed by atoms with Crippen LogP contribution >= 0.6 is 0 Å². The predicted molar refractivity (Wildman–Crippen MR) is 126 cm³/mol. The molecule has 4 aromatic rings. The summed E-state index contributed by atoms with van der Waals surface area (Å²) in [5.74, 6) is -0.909. The molecule has 0 fully saturated rings. The van der Waals surface area contributed by atoms with Gasteiger partial charge in [0, 0.05) is 18.0 Å². The molecule has 188 valence electrons. The SMILES string of the molecule is COc1ccc2c(c1)c(CCC(=O)O)cn2S(=O)(=O)c1cccc(-c2ccc(OC(F)(F)F)cc2)c1. The highest BCUT2D eigenvalue weighted by Crippen LogP contribution is 2.32. The van der Waals surface area contributed by atoms with Crippen molar-refractivity contribution in [1.29, 1.82) is 0 Å². The van der Waals surface area contributed by atoms with Gasteiger partial charge in [-0.2, -0.15) is 0 Å². The Morgan fingerprint density at radius 3 is 2.31 bits per heavy atom. The van der Waals surface area contributed by atoms with Crippen molar-refractivity contribution in [2.24, 2.45) is 0 Å². The molecule has 0 aliphatic carbocycles. The third-order valence-corrected chi connectivity index (χ3v) is 7.15. The normalized spacial score (nSPS) is 12.0. The fourth-order valence-corrected chi connectivity index (χ4v) is 5.25. The van der Waals surface area contributed by atoms with Crippen molar-refractivity contribution in [3.63, 3.8) is 0 Å². The molecule has 0 unspecified atom stereocenters. The van der Waals surface area contributed by atoms with Gasteiger partial charge in [-0.05, 0) is 65.6 Å². The number of nitrogens with zero attached hydrogens (tertiary/aromatic N) is 1. The largest absolute Gasteiger partial charge is 0.573 e.